The van der Waals surface area contributed by atoms with Crippen LogP contribution in [0, 0.1) is 0 Å². The van der Waals surface area contributed by atoms with Gasteiger partial charge in [0.05, 0.1) is 11.4 Å². The van der Waals surface area contributed by atoms with Crippen LogP contribution in [-0.2, 0) is 0 Å². The smallest absolute Gasteiger partial charge is 0.0863 e. The van der Waals surface area contributed by atoms with Crippen molar-refractivity contribution in [3.05, 3.63) is 72.3 Å². The Morgan fingerprint density at radius 1 is 0.900 bits per heavy atom. The zero-order valence-electron chi connectivity index (χ0n) is 10.9. The topological polar surface area (TPSA) is 47.8 Å². The summed E-state index contributed by atoms with van der Waals surface area (Å²) >= 11 is 0. The number of rotatable bonds is 3. The minimum Gasteiger partial charge on any atom is -0.872 e. The number of hydrogen-bond donors (Lipinski definition) is 0. The van der Waals surface area contributed by atoms with Gasteiger partial charge in [-0.3, -0.25) is 0 Å². The first-order valence-corrected chi connectivity index (χ1v) is 6.46. The molecular weight excluding hydrogens is 248 g/mol. The molecule has 3 nitrogen and oxygen atoms in total. The van der Waals surface area contributed by atoms with E-state index in [0.29, 0.717) is 5.69 Å². The SMILES string of the molecule is [O-]c1ccc(N=Nc2cccc(C3=CC=CC3)c2)cc1. The third kappa shape index (κ3) is 2.83. The molecule has 20 heavy (non-hydrogen) atoms. The highest BCUT2D eigenvalue weighted by atomic mass is 16.3. The summed E-state index contributed by atoms with van der Waals surface area (Å²) in [5.74, 6) is -0.0217. The highest BCUT2D eigenvalue weighted by molar-refractivity contribution is 5.72. The maximum absolute atomic E-state index is 11.0. The van der Waals surface area contributed by atoms with Crippen molar-refractivity contribution >= 4 is 16.9 Å². The summed E-state index contributed by atoms with van der Waals surface area (Å²) in [6.07, 6.45) is 7.27. The standard InChI is InChI=1S/C17H14N2O/c20-17-10-8-15(9-11-17)18-19-16-7-3-6-14(12-16)13-4-1-2-5-13/h1-4,6-12,20H,5H2/p-1. The molecule has 0 amide bonds. The summed E-state index contributed by atoms with van der Waals surface area (Å²) in [4.78, 5) is 0. The summed E-state index contributed by atoms with van der Waals surface area (Å²) in [5, 5.41) is 19.4. The van der Waals surface area contributed by atoms with Crippen LogP contribution in [-0.4, -0.2) is 0 Å². The van der Waals surface area contributed by atoms with Gasteiger partial charge in [0.15, 0.2) is 0 Å². The van der Waals surface area contributed by atoms with Gasteiger partial charge in [0.1, 0.15) is 0 Å². The van der Waals surface area contributed by atoms with Gasteiger partial charge in [-0.2, -0.15) is 10.2 Å². The van der Waals surface area contributed by atoms with Gasteiger partial charge >= 0.3 is 0 Å². The molecule has 3 rings (SSSR count). The molecule has 0 bridgehead atoms. The second kappa shape index (κ2) is 5.53. The Hall–Kier alpha value is -2.68. The number of azo groups is 1. The summed E-state index contributed by atoms with van der Waals surface area (Å²) < 4.78 is 0. The van der Waals surface area contributed by atoms with E-state index in [0.717, 1.165) is 12.1 Å². The monoisotopic (exact) mass is 261 g/mol. The third-order valence-electron chi connectivity index (χ3n) is 3.11. The fraction of sp³-hybridized carbons (Fsp3) is 0.0588. The molecule has 0 unspecified atom stereocenters. The Kier molecular flexibility index (Phi) is 3.42. The molecule has 0 aromatic heterocycles. The maximum Gasteiger partial charge on any atom is 0.0863 e. The van der Waals surface area contributed by atoms with E-state index in [4.69, 9.17) is 0 Å². The second-order valence-electron chi connectivity index (χ2n) is 4.57. The molecular formula is C17H13N2O-. The lowest BCUT2D eigenvalue weighted by molar-refractivity contribution is -0.268. The molecule has 0 aliphatic heterocycles. The van der Waals surface area contributed by atoms with Crippen molar-refractivity contribution in [1.29, 1.82) is 0 Å². The number of benzene rings is 2. The number of nitrogens with zero attached hydrogens (tertiary/aromatic N) is 2. The van der Waals surface area contributed by atoms with Crippen molar-refractivity contribution in [1.82, 2.24) is 0 Å². The van der Waals surface area contributed by atoms with Crippen molar-refractivity contribution in [3.8, 4) is 5.75 Å². The molecule has 0 N–H and O–H groups in total. The van der Waals surface area contributed by atoms with E-state index < -0.39 is 0 Å². The first kappa shape index (κ1) is 12.4. The van der Waals surface area contributed by atoms with E-state index in [-0.39, 0.29) is 5.75 Å². The fourth-order valence-electron chi connectivity index (χ4n) is 2.06. The maximum atomic E-state index is 11.0. The van der Waals surface area contributed by atoms with Crippen LogP contribution in [0.15, 0.2) is 77.0 Å². The Morgan fingerprint density at radius 2 is 1.70 bits per heavy atom. The van der Waals surface area contributed by atoms with Crippen LogP contribution in [0.1, 0.15) is 12.0 Å². The van der Waals surface area contributed by atoms with Gasteiger partial charge in [0, 0.05) is 0 Å². The minimum absolute atomic E-state index is 0.0217. The lowest BCUT2D eigenvalue weighted by atomic mass is 10.1. The predicted octanol–water partition coefficient (Wildman–Crippen LogP) is 4.52. The first-order chi connectivity index (χ1) is 9.81. The molecule has 2 aromatic carbocycles. The largest absolute Gasteiger partial charge is 0.872 e. The lowest BCUT2D eigenvalue weighted by Gasteiger charge is -2.03. The molecule has 1 aliphatic rings. The van der Waals surface area contributed by atoms with Crippen molar-refractivity contribution in [2.24, 2.45) is 10.2 Å². The lowest BCUT2D eigenvalue weighted by Crippen LogP contribution is -1.86. The first-order valence-electron chi connectivity index (χ1n) is 6.46. The zero-order chi connectivity index (χ0) is 13.8. The van der Waals surface area contributed by atoms with E-state index in [9.17, 15) is 5.11 Å². The second-order valence-corrected chi connectivity index (χ2v) is 4.57. The Labute approximate surface area is 117 Å². The zero-order valence-corrected chi connectivity index (χ0v) is 10.9. The van der Waals surface area contributed by atoms with Crippen molar-refractivity contribution in [2.75, 3.05) is 0 Å². The predicted molar refractivity (Wildman–Crippen MR) is 78.2 cm³/mol. The molecule has 98 valence electrons. The summed E-state index contributed by atoms with van der Waals surface area (Å²) in [6.45, 7) is 0. The van der Waals surface area contributed by atoms with Crippen molar-refractivity contribution in [2.45, 2.75) is 6.42 Å². The Morgan fingerprint density at radius 3 is 2.45 bits per heavy atom. The summed E-state index contributed by atoms with van der Waals surface area (Å²) in [7, 11) is 0. The molecule has 0 saturated carbocycles. The van der Waals surface area contributed by atoms with E-state index in [1.54, 1.807) is 12.1 Å². The summed E-state index contributed by atoms with van der Waals surface area (Å²) in [5.41, 5.74) is 3.94. The third-order valence-corrected chi connectivity index (χ3v) is 3.11. The van der Waals surface area contributed by atoms with Gasteiger partial charge in [-0.25, -0.2) is 0 Å². The normalized spacial score (nSPS) is 13.9. The van der Waals surface area contributed by atoms with Gasteiger partial charge in [-0.05, 0) is 41.8 Å². The van der Waals surface area contributed by atoms with Crippen LogP contribution in [0.25, 0.3) is 5.57 Å². The Bertz CT molecular complexity index is 697. The average molecular weight is 261 g/mol. The van der Waals surface area contributed by atoms with Crippen LogP contribution in [0.3, 0.4) is 0 Å². The van der Waals surface area contributed by atoms with Gasteiger partial charge < -0.3 is 5.11 Å². The van der Waals surface area contributed by atoms with Crippen LogP contribution < -0.4 is 5.11 Å². The molecule has 0 radical (unpaired) electrons. The molecule has 0 heterocycles. The van der Waals surface area contributed by atoms with Crippen LogP contribution in [0.5, 0.6) is 5.75 Å². The van der Waals surface area contributed by atoms with Gasteiger partial charge in [0.25, 0.3) is 0 Å². The van der Waals surface area contributed by atoms with E-state index in [1.807, 2.05) is 18.2 Å². The minimum atomic E-state index is -0.0217. The van der Waals surface area contributed by atoms with Gasteiger partial charge in [-0.1, -0.05) is 42.5 Å². The average Bonchev–Trinajstić information content (AvgIpc) is 3.01. The molecule has 3 heteroatoms. The van der Waals surface area contributed by atoms with E-state index in [1.165, 1.54) is 23.3 Å². The van der Waals surface area contributed by atoms with Crippen molar-refractivity contribution < 1.29 is 5.11 Å². The fourth-order valence-corrected chi connectivity index (χ4v) is 2.06. The molecule has 0 spiro atoms. The van der Waals surface area contributed by atoms with Crippen molar-refractivity contribution in [3.63, 3.8) is 0 Å². The molecule has 1 aliphatic carbocycles. The molecule has 0 saturated heterocycles. The van der Waals surface area contributed by atoms with E-state index in [2.05, 4.69) is 34.5 Å². The van der Waals surface area contributed by atoms with Gasteiger partial charge in [-0.15, -0.1) is 5.75 Å². The number of hydrogen-bond acceptors (Lipinski definition) is 3. The molecule has 2 aromatic rings. The number of allylic oxidation sites excluding steroid dienone is 4. The van der Waals surface area contributed by atoms with Crippen LogP contribution in [0.4, 0.5) is 11.4 Å². The highest BCUT2D eigenvalue weighted by Gasteiger charge is 2.03. The van der Waals surface area contributed by atoms with E-state index >= 15 is 0 Å². The molecule has 0 fully saturated rings. The van der Waals surface area contributed by atoms with Crippen LogP contribution in [0.2, 0.25) is 0 Å². The van der Waals surface area contributed by atoms with Gasteiger partial charge in [0.2, 0.25) is 0 Å². The van der Waals surface area contributed by atoms with Crippen LogP contribution >= 0.6 is 0 Å². The highest BCUT2D eigenvalue weighted by Crippen LogP contribution is 2.27. The molecule has 0 atom stereocenters. The summed E-state index contributed by atoms with van der Waals surface area (Å²) in [6, 6.07) is 14.3. The quantitative estimate of drug-likeness (QED) is 0.749. The Balaban J connectivity index is 1.80.